The highest BCUT2D eigenvalue weighted by Gasteiger charge is 2.13. The zero-order valence-corrected chi connectivity index (χ0v) is 12.5. The Morgan fingerprint density at radius 2 is 1.60 bits per heavy atom. The minimum Gasteiger partial charge on any atom is -0.497 e. The minimum absolute atomic E-state index is 0.336. The highest BCUT2D eigenvalue weighted by molar-refractivity contribution is 5.29. The number of hydrogen-bond donors (Lipinski definition) is 1. The molecular formula is C18H23NO. The van der Waals surface area contributed by atoms with Crippen molar-refractivity contribution in [3.8, 4) is 5.75 Å². The van der Waals surface area contributed by atoms with E-state index >= 15 is 0 Å². The van der Waals surface area contributed by atoms with E-state index in [2.05, 4.69) is 61.6 Å². The van der Waals surface area contributed by atoms with E-state index in [4.69, 9.17) is 4.74 Å². The number of rotatable bonds is 6. The summed E-state index contributed by atoms with van der Waals surface area (Å²) in [4.78, 5) is 0. The molecule has 2 rings (SSSR count). The van der Waals surface area contributed by atoms with Crippen molar-refractivity contribution < 1.29 is 4.74 Å². The topological polar surface area (TPSA) is 21.3 Å². The van der Waals surface area contributed by atoms with Gasteiger partial charge < -0.3 is 10.1 Å². The summed E-state index contributed by atoms with van der Waals surface area (Å²) in [7, 11) is 1.70. The van der Waals surface area contributed by atoms with Crippen molar-refractivity contribution in [1.82, 2.24) is 5.32 Å². The quantitative estimate of drug-likeness (QED) is 0.834. The Labute approximate surface area is 121 Å². The van der Waals surface area contributed by atoms with Crippen molar-refractivity contribution in [2.24, 2.45) is 0 Å². The van der Waals surface area contributed by atoms with Crippen molar-refractivity contribution in [2.75, 3.05) is 7.11 Å². The van der Waals surface area contributed by atoms with E-state index < -0.39 is 0 Å². The minimum atomic E-state index is 0.336. The van der Waals surface area contributed by atoms with Gasteiger partial charge in [0, 0.05) is 12.1 Å². The molecule has 0 aliphatic rings. The highest BCUT2D eigenvalue weighted by atomic mass is 16.5. The second-order valence-corrected chi connectivity index (χ2v) is 5.03. The Hall–Kier alpha value is -1.80. The van der Waals surface area contributed by atoms with Crippen LogP contribution >= 0.6 is 0 Å². The molecule has 2 aromatic rings. The lowest BCUT2D eigenvalue weighted by Gasteiger charge is -2.23. The lowest BCUT2D eigenvalue weighted by atomic mass is 10.0. The van der Waals surface area contributed by atoms with Gasteiger partial charge in [-0.15, -0.1) is 0 Å². The van der Waals surface area contributed by atoms with Gasteiger partial charge in [-0.25, -0.2) is 0 Å². The predicted octanol–water partition coefficient (Wildman–Crippen LogP) is 4.50. The van der Waals surface area contributed by atoms with Gasteiger partial charge in [0.25, 0.3) is 0 Å². The summed E-state index contributed by atoms with van der Waals surface area (Å²) in [6.45, 7) is 4.42. The van der Waals surface area contributed by atoms with Gasteiger partial charge in [0.05, 0.1) is 7.11 Å². The van der Waals surface area contributed by atoms with Gasteiger partial charge in [-0.1, -0.05) is 49.4 Å². The maximum Gasteiger partial charge on any atom is 0.118 e. The Bertz CT molecular complexity index is 507. The average molecular weight is 269 g/mol. The van der Waals surface area contributed by atoms with Gasteiger partial charge in [0.2, 0.25) is 0 Å². The van der Waals surface area contributed by atoms with Gasteiger partial charge in [-0.05, 0) is 36.6 Å². The van der Waals surface area contributed by atoms with Crippen LogP contribution in [0.1, 0.15) is 43.5 Å². The molecule has 1 unspecified atom stereocenters. The van der Waals surface area contributed by atoms with E-state index in [1.54, 1.807) is 7.11 Å². The summed E-state index contributed by atoms with van der Waals surface area (Å²) in [5.74, 6) is 0.903. The van der Waals surface area contributed by atoms with Crippen LogP contribution in [-0.4, -0.2) is 7.11 Å². The van der Waals surface area contributed by atoms with Gasteiger partial charge >= 0.3 is 0 Å². The van der Waals surface area contributed by atoms with Crippen molar-refractivity contribution in [3.05, 3.63) is 65.7 Å². The smallest absolute Gasteiger partial charge is 0.118 e. The molecule has 0 spiro atoms. The number of methoxy groups -OCH3 is 1. The molecule has 20 heavy (non-hydrogen) atoms. The van der Waals surface area contributed by atoms with Gasteiger partial charge in [0.15, 0.2) is 0 Å². The molecule has 1 N–H and O–H groups in total. The van der Waals surface area contributed by atoms with Crippen molar-refractivity contribution in [3.63, 3.8) is 0 Å². The molecule has 0 saturated heterocycles. The summed E-state index contributed by atoms with van der Waals surface area (Å²) in [5, 5.41) is 3.70. The molecule has 2 heteroatoms. The van der Waals surface area contributed by atoms with E-state index in [0.29, 0.717) is 12.1 Å². The Kier molecular flexibility index (Phi) is 5.19. The first-order valence-electron chi connectivity index (χ1n) is 7.19. The van der Waals surface area contributed by atoms with E-state index in [1.807, 2.05) is 12.1 Å². The maximum atomic E-state index is 5.21. The van der Waals surface area contributed by atoms with Gasteiger partial charge in [-0.3, -0.25) is 0 Å². The fraction of sp³-hybridized carbons (Fsp3) is 0.333. The molecule has 0 radical (unpaired) electrons. The first-order chi connectivity index (χ1) is 9.74. The number of benzene rings is 2. The lowest BCUT2D eigenvalue weighted by molar-refractivity contribution is 0.413. The average Bonchev–Trinajstić information content (AvgIpc) is 2.53. The SMILES string of the molecule is CCC(N[C@H](C)c1ccccc1)c1ccc(OC)cc1. The summed E-state index contributed by atoms with van der Waals surface area (Å²) in [5.41, 5.74) is 2.62. The van der Waals surface area contributed by atoms with E-state index in [1.165, 1.54) is 11.1 Å². The van der Waals surface area contributed by atoms with Crippen LogP contribution in [0.2, 0.25) is 0 Å². The predicted molar refractivity (Wildman–Crippen MR) is 84.0 cm³/mol. The Morgan fingerprint density at radius 3 is 2.15 bits per heavy atom. The third-order valence-corrected chi connectivity index (χ3v) is 3.68. The molecule has 2 aromatic carbocycles. The number of ether oxygens (including phenoxy) is 1. The second kappa shape index (κ2) is 7.11. The Morgan fingerprint density at radius 1 is 0.950 bits per heavy atom. The van der Waals surface area contributed by atoms with Crippen LogP contribution in [0.15, 0.2) is 54.6 Å². The molecule has 0 saturated carbocycles. The van der Waals surface area contributed by atoms with E-state index in [-0.39, 0.29) is 0 Å². The molecule has 0 bridgehead atoms. The lowest BCUT2D eigenvalue weighted by Crippen LogP contribution is -2.24. The fourth-order valence-electron chi connectivity index (χ4n) is 2.43. The highest BCUT2D eigenvalue weighted by Crippen LogP contribution is 2.23. The van der Waals surface area contributed by atoms with Crippen LogP contribution in [0.25, 0.3) is 0 Å². The number of nitrogens with one attached hydrogen (secondary N) is 1. The molecular weight excluding hydrogens is 246 g/mol. The zero-order valence-electron chi connectivity index (χ0n) is 12.5. The molecule has 0 aliphatic carbocycles. The first-order valence-corrected chi connectivity index (χ1v) is 7.19. The fourth-order valence-corrected chi connectivity index (χ4v) is 2.43. The maximum absolute atomic E-state index is 5.21. The molecule has 0 aliphatic heterocycles. The van der Waals surface area contributed by atoms with Crippen molar-refractivity contribution >= 4 is 0 Å². The molecule has 0 fully saturated rings. The third-order valence-electron chi connectivity index (χ3n) is 3.68. The standard InChI is InChI=1S/C18H23NO/c1-4-18(16-10-12-17(20-3)13-11-16)19-14(2)15-8-6-5-7-9-15/h5-14,18-19H,4H2,1-3H3/t14-,18?/m1/s1. The van der Waals surface area contributed by atoms with Crippen LogP contribution in [0, 0.1) is 0 Å². The van der Waals surface area contributed by atoms with Crippen LogP contribution in [-0.2, 0) is 0 Å². The van der Waals surface area contributed by atoms with Gasteiger partial charge in [-0.2, -0.15) is 0 Å². The molecule has 106 valence electrons. The summed E-state index contributed by atoms with van der Waals surface area (Å²) < 4.78 is 5.21. The Balaban J connectivity index is 2.08. The molecule has 2 nitrogen and oxygen atoms in total. The first kappa shape index (κ1) is 14.6. The number of hydrogen-bond acceptors (Lipinski definition) is 2. The normalized spacial score (nSPS) is 13.8. The molecule has 0 heterocycles. The van der Waals surface area contributed by atoms with E-state index in [9.17, 15) is 0 Å². The van der Waals surface area contributed by atoms with Gasteiger partial charge in [0.1, 0.15) is 5.75 Å². The van der Waals surface area contributed by atoms with Crippen LogP contribution in [0.5, 0.6) is 5.75 Å². The van der Waals surface area contributed by atoms with Crippen molar-refractivity contribution in [1.29, 1.82) is 0 Å². The summed E-state index contributed by atoms with van der Waals surface area (Å²) in [6.07, 6.45) is 1.06. The molecule has 2 atom stereocenters. The largest absolute Gasteiger partial charge is 0.497 e. The monoisotopic (exact) mass is 269 g/mol. The zero-order chi connectivity index (χ0) is 14.4. The van der Waals surface area contributed by atoms with E-state index in [0.717, 1.165) is 12.2 Å². The van der Waals surface area contributed by atoms with Crippen LogP contribution < -0.4 is 10.1 Å². The summed E-state index contributed by atoms with van der Waals surface area (Å²) in [6, 6.07) is 19.6. The summed E-state index contributed by atoms with van der Waals surface area (Å²) >= 11 is 0. The second-order valence-electron chi connectivity index (χ2n) is 5.03. The molecule has 0 amide bonds. The van der Waals surface area contributed by atoms with Crippen LogP contribution in [0.3, 0.4) is 0 Å². The van der Waals surface area contributed by atoms with Crippen LogP contribution in [0.4, 0.5) is 0 Å². The van der Waals surface area contributed by atoms with Crippen molar-refractivity contribution in [2.45, 2.75) is 32.4 Å². The third kappa shape index (κ3) is 3.61. The molecule has 0 aromatic heterocycles.